The zero-order valence-corrected chi connectivity index (χ0v) is 24.2. The van der Waals surface area contributed by atoms with E-state index >= 15 is 0 Å². The molecule has 0 radical (unpaired) electrons. The molecule has 0 aliphatic carbocycles. The zero-order chi connectivity index (χ0) is 28.1. The first-order chi connectivity index (χ1) is 19.0. The van der Waals surface area contributed by atoms with Crippen molar-refractivity contribution in [2.75, 3.05) is 11.9 Å². The Bertz CT molecular complexity index is 932. The van der Waals surface area contributed by atoms with Gasteiger partial charge in [0.2, 0.25) is 0 Å². The SMILES string of the molecule is CCCCCCCCCCCCCCCCCCOC(=O)c1ccc(NC=C2C(=O)C=C(CC)OC2=O)cc1. The molecule has 0 fully saturated rings. The monoisotopic (exact) mass is 539 g/mol. The molecule has 1 aromatic rings. The van der Waals surface area contributed by atoms with Crippen LogP contribution >= 0.6 is 0 Å². The Balaban J connectivity index is 1.48. The van der Waals surface area contributed by atoms with Gasteiger partial charge >= 0.3 is 11.9 Å². The van der Waals surface area contributed by atoms with Gasteiger partial charge in [0.15, 0.2) is 5.78 Å². The largest absolute Gasteiger partial charge is 0.462 e. The van der Waals surface area contributed by atoms with Gasteiger partial charge in [-0.05, 0) is 30.7 Å². The van der Waals surface area contributed by atoms with Gasteiger partial charge in [-0.25, -0.2) is 9.59 Å². The molecule has 0 saturated carbocycles. The molecule has 0 saturated heterocycles. The van der Waals surface area contributed by atoms with E-state index in [9.17, 15) is 14.4 Å². The highest BCUT2D eigenvalue weighted by Gasteiger charge is 2.25. The number of ketones is 1. The highest BCUT2D eigenvalue weighted by atomic mass is 16.5. The maximum absolute atomic E-state index is 12.3. The fourth-order valence-corrected chi connectivity index (χ4v) is 4.59. The third-order valence-corrected chi connectivity index (χ3v) is 7.08. The van der Waals surface area contributed by atoms with Crippen LogP contribution in [0.4, 0.5) is 5.69 Å². The number of esters is 2. The van der Waals surface area contributed by atoms with Gasteiger partial charge < -0.3 is 14.8 Å². The summed E-state index contributed by atoms with van der Waals surface area (Å²) in [7, 11) is 0. The molecule has 2 rings (SSSR count). The molecule has 0 amide bonds. The standard InChI is InChI=1S/C33H49NO5/c1-3-5-6-7-8-9-10-11-12-13-14-15-16-17-18-19-24-38-32(36)27-20-22-28(23-21-27)34-26-30-31(35)25-29(4-2)39-33(30)37/h20-23,25-26,34H,3-19,24H2,1-2H3. The van der Waals surface area contributed by atoms with Crippen molar-refractivity contribution in [3.63, 3.8) is 0 Å². The number of anilines is 1. The van der Waals surface area contributed by atoms with E-state index in [2.05, 4.69) is 12.2 Å². The quantitative estimate of drug-likeness (QED) is 0.0727. The van der Waals surface area contributed by atoms with E-state index in [0.29, 0.717) is 30.0 Å². The maximum Gasteiger partial charge on any atom is 0.348 e. The summed E-state index contributed by atoms with van der Waals surface area (Å²) in [6, 6.07) is 6.72. The first-order valence-electron chi connectivity index (χ1n) is 15.3. The van der Waals surface area contributed by atoms with Crippen LogP contribution in [0.2, 0.25) is 0 Å². The number of cyclic esters (lactones) is 1. The summed E-state index contributed by atoms with van der Waals surface area (Å²) in [4.78, 5) is 36.4. The average molecular weight is 540 g/mol. The smallest absolute Gasteiger partial charge is 0.348 e. The molecule has 0 spiro atoms. The Morgan fingerprint density at radius 2 is 1.28 bits per heavy atom. The molecule has 6 nitrogen and oxygen atoms in total. The number of ether oxygens (including phenoxy) is 2. The van der Waals surface area contributed by atoms with Gasteiger partial charge in [-0.15, -0.1) is 0 Å². The number of rotatable bonds is 21. The van der Waals surface area contributed by atoms with Crippen LogP contribution in [-0.2, 0) is 19.1 Å². The Labute approximate surface area is 235 Å². The molecule has 39 heavy (non-hydrogen) atoms. The van der Waals surface area contributed by atoms with Gasteiger partial charge in [0.25, 0.3) is 0 Å². The number of hydrogen-bond acceptors (Lipinski definition) is 6. The normalized spacial score (nSPS) is 14.3. The number of benzene rings is 1. The highest BCUT2D eigenvalue weighted by molar-refractivity contribution is 6.23. The number of nitrogens with one attached hydrogen (secondary N) is 1. The van der Waals surface area contributed by atoms with Crippen molar-refractivity contribution in [3.05, 3.63) is 53.4 Å². The molecular formula is C33H49NO5. The van der Waals surface area contributed by atoms with Gasteiger partial charge in [-0.3, -0.25) is 4.79 Å². The molecule has 6 heteroatoms. The van der Waals surface area contributed by atoms with Gasteiger partial charge in [0.1, 0.15) is 11.3 Å². The summed E-state index contributed by atoms with van der Waals surface area (Å²) in [5.74, 6) is -1.03. The van der Waals surface area contributed by atoms with Gasteiger partial charge in [-0.1, -0.05) is 110 Å². The van der Waals surface area contributed by atoms with Crippen molar-refractivity contribution in [3.8, 4) is 0 Å². The summed E-state index contributed by atoms with van der Waals surface area (Å²) in [6.07, 6.45) is 24.1. The second kappa shape index (κ2) is 20.1. The summed E-state index contributed by atoms with van der Waals surface area (Å²) in [6.45, 7) is 4.51. The van der Waals surface area contributed by atoms with Gasteiger partial charge in [0, 0.05) is 24.4 Å². The summed E-state index contributed by atoms with van der Waals surface area (Å²) >= 11 is 0. The summed E-state index contributed by atoms with van der Waals surface area (Å²) in [5.41, 5.74) is 1.05. The van der Waals surface area contributed by atoms with E-state index in [-0.39, 0.29) is 17.3 Å². The molecular weight excluding hydrogens is 490 g/mol. The van der Waals surface area contributed by atoms with Crippen molar-refractivity contribution >= 4 is 23.4 Å². The fraction of sp³-hybridized carbons (Fsp3) is 0.606. The Morgan fingerprint density at radius 3 is 1.77 bits per heavy atom. The van der Waals surface area contributed by atoms with Crippen molar-refractivity contribution < 1.29 is 23.9 Å². The van der Waals surface area contributed by atoms with E-state index in [0.717, 1.165) is 12.8 Å². The molecule has 1 aliphatic heterocycles. The molecule has 0 unspecified atom stereocenters. The topological polar surface area (TPSA) is 81.7 Å². The maximum atomic E-state index is 12.3. The van der Waals surface area contributed by atoms with E-state index in [1.54, 1.807) is 24.3 Å². The minimum absolute atomic E-state index is 0.0607. The van der Waals surface area contributed by atoms with Crippen LogP contribution in [0.5, 0.6) is 0 Å². The molecule has 1 heterocycles. The minimum Gasteiger partial charge on any atom is -0.462 e. The summed E-state index contributed by atoms with van der Waals surface area (Å²) < 4.78 is 10.5. The van der Waals surface area contributed by atoms with E-state index in [1.807, 2.05) is 6.92 Å². The van der Waals surface area contributed by atoms with E-state index in [4.69, 9.17) is 9.47 Å². The lowest BCUT2D eigenvalue weighted by Crippen LogP contribution is -2.21. The van der Waals surface area contributed by atoms with Crippen LogP contribution in [0, 0.1) is 0 Å². The molecule has 1 aromatic carbocycles. The van der Waals surface area contributed by atoms with E-state index < -0.39 is 5.97 Å². The zero-order valence-electron chi connectivity index (χ0n) is 24.2. The molecule has 0 aromatic heterocycles. The second-order valence-corrected chi connectivity index (χ2v) is 10.4. The lowest BCUT2D eigenvalue weighted by atomic mass is 10.0. The van der Waals surface area contributed by atoms with Crippen molar-refractivity contribution in [1.82, 2.24) is 0 Å². The van der Waals surface area contributed by atoms with Crippen LogP contribution in [0.3, 0.4) is 0 Å². The highest BCUT2D eigenvalue weighted by Crippen LogP contribution is 2.18. The minimum atomic E-state index is -0.666. The predicted octanol–water partition coefficient (Wildman–Crippen LogP) is 8.82. The van der Waals surface area contributed by atoms with Gasteiger partial charge in [0.05, 0.1) is 12.2 Å². The van der Waals surface area contributed by atoms with E-state index in [1.165, 1.54) is 102 Å². The fourth-order valence-electron chi connectivity index (χ4n) is 4.59. The number of carbonyl (C=O) groups excluding carboxylic acids is 3. The van der Waals surface area contributed by atoms with Crippen molar-refractivity contribution in [2.24, 2.45) is 0 Å². The average Bonchev–Trinajstić information content (AvgIpc) is 2.94. The Morgan fingerprint density at radius 1 is 0.769 bits per heavy atom. The first-order valence-corrected chi connectivity index (χ1v) is 15.3. The molecule has 0 bridgehead atoms. The van der Waals surface area contributed by atoms with Crippen LogP contribution in [0.15, 0.2) is 47.9 Å². The number of carbonyl (C=O) groups is 3. The van der Waals surface area contributed by atoms with Crippen LogP contribution in [0.1, 0.15) is 133 Å². The van der Waals surface area contributed by atoms with Gasteiger partial charge in [-0.2, -0.15) is 0 Å². The van der Waals surface area contributed by atoms with Crippen LogP contribution in [0.25, 0.3) is 0 Å². The molecule has 1 aliphatic rings. The Hall–Kier alpha value is -2.89. The number of hydrogen-bond donors (Lipinski definition) is 1. The molecule has 0 atom stereocenters. The van der Waals surface area contributed by atoms with Crippen molar-refractivity contribution in [2.45, 2.75) is 123 Å². The molecule has 1 N–H and O–H groups in total. The predicted molar refractivity (Wildman–Crippen MR) is 157 cm³/mol. The second-order valence-electron chi connectivity index (χ2n) is 10.4. The lowest BCUT2D eigenvalue weighted by Gasteiger charge is -2.13. The summed E-state index contributed by atoms with van der Waals surface area (Å²) in [5, 5.41) is 2.91. The van der Waals surface area contributed by atoms with Crippen LogP contribution in [-0.4, -0.2) is 24.3 Å². The van der Waals surface area contributed by atoms with Crippen molar-refractivity contribution in [1.29, 1.82) is 0 Å². The van der Waals surface area contributed by atoms with Crippen LogP contribution < -0.4 is 5.32 Å². The Kier molecular flexibility index (Phi) is 16.6. The third-order valence-electron chi connectivity index (χ3n) is 7.08. The third kappa shape index (κ3) is 13.6. The molecule has 216 valence electrons. The lowest BCUT2D eigenvalue weighted by molar-refractivity contribution is -0.137. The number of unbranched alkanes of at least 4 members (excludes halogenated alkanes) is 15. The first kappa shape index (κ1) is 32.3. The number of allylic oxidation sites excluding steroid dienone is 2.